The van der Waals surface area contributed by atoms with Crippen molar-refractivity contribution in [2.45, 2.75) is 33.7 Å². The van der Waals surface area contributed by atoms with Crippen molar-refractivity contribution >= 4 is 0 Å². The van der Waals surface area contributed by atoms with Gasteiger partial charge in [0, 0.05) is 18.7 Å². The lowest BCUT2D eigenvalue weighted by molar-refractivity contribution is 0.406. The fraction of sp³-hybridized carbons (Fsp3) is 0.533. The van der Waals surface area contributed by atoms with Crippen molar-refractivity contribution in [2.24, 2.45) is 5.92 Å². The zero-order chi connectivity index (χ0) is 13.5. The van der Waals surface area contributed by atoms with Crippen molar-refractivity contribution < 1.29 is 4.74 Å². The van der Waals surface area contributed by atoms with Crippen LogP contribution in [0.5, 0.6) is 5.75 Å². The van der Waals surface area contributed by atoms with E-state index in [9.17, 15) is 0 Å². The van der Waals surface area contributed by atoms with Crippen molar-refractivity contribution in [1.82, 2.24) is 5.32 Å². The molecule has 0 saturated carbocycles. The summed E-state index contributed by atoms with van der Waals surface area (Å²) in [4.78, 5) is 0. The number of aryl methyl sites for hydroxylation is 2. The monoisotopic (exact) mass is 246 g/mol. The molecule has 0 spiro atoms. The fourth-order valence-corrected chi connectivity index (χ4v) is 1.84. The number of methoxy groups -OCH3 is 1. The second-order valence-electron chi connectivity index (χ2n) is 4.61. The van der Waals surface area contributed by atoms with E-state index < -0.39 is 0 Å². The van der Waals surface area contributed by atoms with Gasteiger partial charge < -0.3 is 10.1 Å². The molecule has 1 rings (SSSR count). The van der Waals surface area contributed by atoms with Gasteiger partial charge in [0.05, 0.1) is 19.1 Å². The van der Waals surface area contributed by atoms with Crippen molar-refractivity contribution in [2.75, 3.05) is 13.7 Å². The van der Waals surface area contributed by atoms with Gasteiger partial charge in [0.2, 0.25) is 0 Å². The lowest BCUT2D eigenvalue weighted by Crippen LogP contribution is -2.21. The van der Waals surface area contributed by atoms with Gasteiger partial charge in [-0.1, -0.05) is 13.0 Å². The molecule has 1 aromatic carbocycles. The molecular weight excluding hydrogens is 224 g/mol. The highest BCUT2D eigenvalue weighted by Crippen LogP contribution is 2.22. The Morgan fingerprint density at radius 3 is 2.56 bits per heavy atom. The Hall–Kier alpha value is -1.53. The van der Waals surface area contributed by atoms with E-state index in [1.54, 1.807) is 7.11 Å². The number of ether oxygens (including phenoxy) is 1. The molecule has 0 fully saturated rings. The van der Waals surface area contributed by atoms with E-state index in [1.807, 2.05) is 6.92 Å². The lowest BCUT2D eigenvalue weighted by atomic mass is 10.0. The van der Waals surface area contributed by atoms with Gasteiger partial charge in [-0.15, -0.1) is 0 Å². The minimum atomic E-state index is 0.0857. The molecule has 0 bridgehead atoms. The molecule has 3 heteroatoms. The van der Waals surface area contributed by atoms with Gasteiger partial charge in [0.1, 0.15) is 5.75 Å². The van der Waals surface area contributed by atoms with Crippen LogP contribution in [0.15, 0.2) is 12.1 Å². The first-order valence-corrected chi connectivity index (χ1v) is 6.36. The van der Waals surface area contributed by atoms with Crippen LogP contribution in [0.25, 0.3) is 0 Å². The first-order chi connectivity index (χ1) is 8.62. The van der Waals surface area contributed by atoms with Crippen LogP contribution in [0.4, 0.5) is 0 Å². The van der Waals surface area contributed by atoms with E-state index in [-0.39, 0.29) is 5.92 Å². The standard InChI is InChI=1S/C15H22N2O/c1-5-13(8-16)9-17-10-14-6-11(2)12(3)7-15(14)18-4/h6-7,13,17H,5,9-10H2,1-4H3. The second-order valence-corrected chi connectivity index (χ2v) is 4.61. The van der Waals surface area contributed by atoms with E-state index in [0.29, 0.717) is 0 Å². The summed E-state index contributed by atoms with van der Waals surface area (Å²) in [6.45, 7) is 7.68. The number of nitrogens with zero attached hydrogens (tertiary/aromatic N) is 1. The van der Waals surface area contributed by atoms with Crippen LogP contribution in [-0.2, 0) is 6.54 Å². The zero-order valence-corrected chi connectivity index (χ0v) is 11.7. The molecule has 0 aliphatic heterocycles. The molecule has 0 radical (unpaired) electrons. The summed E-state index contributed by atoms with van der Waals surface area (Å²) >= 11 is 0. The first kappa shape index (κ1) is 14.5. The molecule has 0 aliphatic rings. The number of hydrogen-bond acceptors (Lipinski definition) is 3. The number of nitriles is 1. The van der Waals surface area contributed by atoms with Crippen molar-refractivity contribution in [3.63, 3.8) is 0 Å². The van der Waals surface area contributed by atoms with Gasteiger partial charge in [0.15, 0.2) is 0 Å². The fourth-order valence-electron chi connectivity index (χ4n) is 1.84. The normalized spacial score (nSPS) is 11.9. The molecule has 0 amide bonds. The van der Waals surface area contributed by atoms with Gasteiger partial charge in [-0.25, -0.2) is 0 Å². The minimum Gasteiger partial charge on any atom is -0.496 e. The van der Waals surface area contributed by atoms with Gasteiger partial charge in [0.25, 0.3) is 0 Å². The van der Waals surface area contributed by atoms with Crippen LogP contribution >= 0.6 is 0 Å². The molecule has 0 aliphatic carbocycles. The Labute approximate surface area is 110 Å². The van der Waals surface area contributed by atoms with E-state index in [4.69, 9.17) is 10.00 Å². The molecule has 1 aromatic rings. The number of benzene rings is 1. The maximum Gasteiger partial charge on any atom is 0.123 e. The molecule has 3 nitrogen and oxygen atoms in total. The maximum atomic E-state index is 8.89. The highest BCUT2D eigenvalue weighted by molar-refractivity contribution is 5.41. The Morgan fingerprint density at radius 2 is 2.00 bits per heavy atom. The molecular formula is C15H22N2O. The number of nitrogens with one attached hydrogen (secondary N) is 1. The molecule has 1 unspecified atom stereocenters. The summed E-state index contributed by atoms with van der Waals surface area (Å²) in [5, 5.41) is 12.2. The topological polar surface area (TPSA) is 45.0 Å². The summed E-state index contributed by atoms with van der Waals surface area (Å²) in [5.41, 5.74) is 3.65. The Balaban J connectivity index is 2.67. The molecule has 98 valence electrons. The van der Waals surface area contributed by atoms with Gasteiger partial charge >= 0.3 is 0 Å². The second kappa shape index (κ2) is 7.03. The summed E-state index contributed by atoms with van der Waals surface area (Å²) in [5.74, 6) is 0.998. The smallest absolute Gasteiger partial charge is 0.123 e. The molecule has 0 heterocycles. The van der Waals surface area contributed by atoms with Crippen molar-refractivity contribution in [3.8, 4) is 11.8 Å². The first-order valence-electron chi connectivity index (χ1n) is 6.36. The minimum absolute atomic E-state index is 0.0857. The van der Waals surface area contributed by atoms with E-state index in [1.165, 1.54) is 11.1 Å². The highest BCUT2D eigenvalue weighted by atomic mass is 16.5. The Kier molecular flexibility index (Phi) is 5.67. The average Bonchev–Trinajstić information content (AvgIpc) is 2.38. The molecule has 18 heavy (non-hydrogen) atoms. The summed E-state index contributed by atoms with van der Waals surface area (Å²) in [6.07, 6.45) is 0.883. The predicted molar refractivity (Wildman–Crippen MR) is 73.6 cm³/mol. The van der Waals surface area contributed by atoms with E-state index >= 15 is 0 Å². The van der Waals surface area contributed by atoms with Crippen molar-refractivity contribution in [3.05, 3.63) is 28.8 Å². The molecule has 0 saturated heterocycles. The number of rotatable bonds is 6. The van der Waals surface area contributed by atoms with E-state index in [2.05, 4.69) is 37.4 Å². The Morgan fingerprint density at radius 1 is 1.33 bits per heavy atom. The molecule has 1 N–H and O–H groups in total. The third kappa shape index (κ3) is 3.75. The molecule has 0 aromatic heterocycles. The SMILES string of the molecule is CCC(C#N)CNCc1cc(C)c(C)cc1OC. The largest absolute Gasteiger partial charge is 0.496 e. The molecule has 1 atom stereocenters. The van der Waals surface area contributed by atoms with Gasteiger partial charge in [-0.05, 0) is 37.5 Å². The summed E-state index contributed by atoms with van der Waals surface area (Å²) in [6, 6.07) is 6.50. The highest BCUT2D eigenvalue weighted by Gasteiger charge is 2.07. The maximum absolute atomic E-state index is 8.89. The van der Waals surface area contributed by atoms with Gasteiger partial charge in [-0.2, -0.15) is 5.26 Å². The quantitative estimate of drug-likeness (QED) is 0.839. The van der Waals surface area contributed by atoms with Gasteiger partial charge in [-0.3, -0.25) is 0 Å². The van der Waals surface area contributed by atoms with Crippen LogP contribution in [-0.4, -0.2) is 13.7 Å². The van der Waals surface area contributed by atoms with Crippen LogP contribution in [0.3, 0.4) is 0 Å². The third-order valence-corrected chi connectivity index (χ3v) is 3.28. The number of hydrogen-bond donors (Lipinski definition) is 1. The summed E-state index contributed by atoms with van der Waals surface area (Å²) < 4.78 is 5.39. The third-order valence-electron chi connectivity index (χ3n) is 3.28. The summed E-state index contributed by atoms with van der Waals surface area (Å²) in [7, 11) is 1.69. The van der Waals surface area contributed by atoms with E-state index in [0.717, 1.165) is 30.8 Å². The Bertz CT molecular complexity index is 435. The zero-order valence-electron chi connectivity index (χ0n) is 11.7. The van der Waals surface area contributed by atoms with Crippen LogP contribution in [0, 0.1) is 31.1 Å². The average molecular weight is 246 g/mol. The van der Waals surface area contributed by atoms with Crippen molar-refractivity contribution in [1.29, 1.82) is 5.26 Å². The van der Waals surface area contributed by atoms with Crippen LogP contribution in [0.2, 0.25) is 0 Å². The van der Waals surface area contributed by atoms with Crippen LogP contribution in [0.1, 0.15) is 30.0 Å². The predicted octanol–water partition coefficient (Wildman–Crippen LogP) is 2.95. The lowest BCUT2D eigenvalue weighted by Gasteiger charge is -2.13. The van der Waals surface area contributed by atoms with Crippen LogP contribution < -0.4 is 10.1 Å².